The standard InChI is InChI=1S/C36H38BrF4N5O4S/c1-49-27-14-23(15-28(18-27)50-2)21-46(35-10-11-42-22-43-35)51(47,48)34-19-29(37)32(20-30(34)38)44-31-9-8-25(17-33(31)45-12-3-4-13-45)24-6-5-7-26(16-24)36(39,40)41/h5-7,10-11,14-16,18-20,22,25,31,33,44H,3-4,8-9,12-13,17,21H2,1-2H3/t25-,31-,33-/m0/s1. The van der Waals surface area contributed by atoms with E-state index in [0.29, 0.717) is 52.0 Å². The number of halogens is 5. The van der Waals surface area contributed by atoms with Gasteiger partial charge in [-0.2, -0.15) is 13.2 Å². The second kappa shape index (κ2) is 15.3. The van der Waals surface area contributed by atoms with Crippen LogP contribution >= 0.6 is 15.9 Å². The molecule has 4 aromatic rings. The largest absolute Gasteiger partial charge is 0.497 e. The van der Waals surface area contributed by atoms with Crippen LogP contribution in [0.5, 0.6) is 11.5 Å². The number of hydrogen-bond acceptors (Lipinski definition) is 8. The predicted octanol–water partition coefficient (Wildman–Crippen LogP) is 8.02. The summed E-state index contributed by atoms with van der Waals surface area (Å²) in [6, 6.07) is 14.2. The van der Waals surface area contributed by atoms with Crippen LogP contribution in [0.1, 0.15) is 54.7 Å². The van der Waals surface area contributed by atoms with Crippen molar-refractivity contribution in [2.24, 2.45) is 0 Å². The van der Waals surface area contributed by atoms with Crippen molar-refractivity contribution in [1.29, 1.82) is 0 Å². The molecule has 0 spiro atoms. The summed E-state index contributed by atoms with van der Waals surface area (Å²) in [7, 11) is -1.57. The van der Waals surface area contributed by atoms with E-state index in [1.54, 1.807) is 24.3 Å². The maximum absolute atomic E-state index is 16.1. The third-order valence-corrected chi connectivity index (χ3v) is 12.0. The number of alkyl halides is 3. The molecule has 0 bridgehead atoms. The van der Waals surface area contributed by atoms with Crippen molar-refractivity contribution < 1.29 is 35.5 Å². The second-order valence-electron chi connectivity index (χ2n) is 12.8. The van der Waals surface area contributed by atoms with Gasteiger partial charge in [-0.05, 0) is 109 Å². The lowest BCUT2D eigenvalue weighted by molar-refractivity contribution is -0.137. The Balaban J connectivity index is 1.28. The summed E-state index contributed by atoms with van der Waals surface area (Å²) in [5, 5.41) is 3.46. The normalized spacial score (nSPS) is 19.9. The van der Waals surface area contributed by atoms with Crippen LogP contribution in [0.3, 0.4) is 0 Å². The molecule has 15 heteroatoms. The fourth-order valence-corrected chi connectivity index (χ4v) is 9.15. The van der Waals surface area contributed by atoms with Crippen LogP contribution in [-0.2, 0) is 22.7 Å². The third-order valence-electron chi connectivity index (χ3n) is 9.60. The number of aromatic nitrogens is 2. The Hall–Kier alpha value is -3.95. The number of anilines is 2. The Bertz CT molecular complexity index is 1930. The maximum atomic E-state index is 16.1. The summed E-state index contributed by atoms with van der Waals surface area (Å²) in [6.07, 6.45) is 2.13. The molecule has 0 amide bonds. The first-order chi connectivity index (χ1) is 24.4. The highest BCUT2D eigenvalue weighted by Gasteiger charge is 2.38. The lowest BCUT2D eigenvalue weighted by Crippen LogP contribution is -2.49. The summed E-state index contributed by atoms with van der Waals surface area (Å²) in [4.78, 5) is 9.86. The predicted molar refractivity (Wildman–Crippen MR) is 189 cm³/mol. The molecule has 2 fully saturated rings. The first-order valence-electron chi connectivity index (χ1n) is 16.5. The topological polar surface area (TPSA) is 96.9 Å². The highest BCUT2D eigenvalue weighted by molar-refractivity contribution is 9.10. The van der Waals surface area contributed by atoms with Crippen molar-refractivity contribution in [3.8, 4) is 11.5 Å². The Kier molecular flexibility index (Phi) is 11.1. The molecule has 1 saturated carbocycles. The molecule has 1 aliphatic heterocycles. The van der Waals surface area contributed by atoms with E-state index in [1.165, 1.54) is 57.1 Å². The van der Waals surface area contributed by atoms with Gasteiger partial charge < -0.3 is 14.8 Å². The van der Waals surface area contributed by atoms with Gasteiger partial charge in [-0.15, -0.1) is 0 Å². The summed E-state index contributed by atoms with van der Waals surface area (Å²) in [6.45, 7) is 1.52. The van der Waals surface area contributed by atoms with Crippen LogP contribution in [0.4, 0.5) is 29.1 Å². The number of hydrogen-bond donors (Lipinski definition) is 1. The Labute approximate surface area is 303 Å². The fraction of sp³-hybridized carbons (Fsp3) is 0.389. The van der Waals surface area contributed by atoms with Gasteiger partial charge in [-0.25, -0.2) is 27.1 Å². The molecule has 51 heavy (non-hydrogen) atoms. The van der Waals surface area contributed by atoms with E-state index in [9.17, 15) is 21.6 Å². The SMILES string of the molecule is COc1cc(CN(c2ccncn2)S(=O)(=O)c2cc(Br)c(N[C@H]3CC[C@H](c4cccc(C(F)(F)F)c4)C[C@@H]3N3CCCC3)cc2F)cc(OC)c1. The van der Waals surface area contributed by atoms with Crippen LogP contribution in [-0.4, -0.2) is 62.7 Å². The van der Waals surface area contributed by atoms with Crippen LogP contribution in [0.25, 0.3) is 0 Å². The summed E-state index contributed by atoms with van der Waals surface area (Å²) in [5.74, 6) is -0.0931. The third kappa shape index (κ3) is 8.25. The van der Waals surface area contributed by atoms with E-state index in [1.807, 2.05) is 0 Å². The second-order valence-corrected chi connectivity index (χ2v) is 15.4. The lowest BCUT2D eigenvalue weighted by Gasteiger charge is -2.42. The minimum atomic E-state index is -4.53. The molecule has 1 N–H and O–H groups in total. The first kappa shape index (κ1) is 36.8. The van der Waals surface area contributed by atoms with E-state index >= 15 is 4.39 Å². The van der Waals surface area contributed by atoms with Crippen molar-refractivity contribution in [3.63, 3.8) is 0 Å². The highest BCUT2D eigenvalue weighted by Crippen LogP contribution is 2.41. The monoisotopic (exact) mass is 791 g/mol. The number of rotatable bonds is 11. The van der Waals surface area contributed by atoms with Crippen LogP contribution in [0, 0.1) is 5.82 Å². The van der Waals surface area contributed by atoms with Gasteiger partial charge in [0.2, 0.25) is 0 Å². The fourth-order valence-electron chi connectivity index (χ4n) is 7.06. The van der Waals surface area contributed by atoms with E-state index in [-0.39, 0.29) is 30.4 Å². The molecule has 272 valence electrons. The Morgan fingerprint density at radius 2 is 1.73 bits per heavy atom. The van der Waals surface area contributed by atoms with Crippen molar-refractivity contribution in [2.45, 2.75) is 67.7 Å². The van der Waals surface area contributed by atoms with E-state index in [0.717, 1.165) is 36.3 Å². The van der Waals surface area contributed by atoms with Crippen molar-refractivity contribution in [2.75, 3.05) is 36.9 Å². The molecule has 3 atom stereocenters. The summed E-state index contributed by atoms with van der Waals surface area (Å²) >= 11 is 3.50. The zero-order chi connectivity index (χ0) is 36.3. The van der Waals surface area contributed by atoms with Crippen molar-refractivity contribution in [1.82, 2.24) is 14.9 Å². The molecule has 1 aromatic heterocycles. The number of ether oxygens (including phenoxy) is 2. The first-order valence-corrected chi connectivity index (χ1v) is 18.8. The van der Waals surface area contributed by atoms with Crippen LogP contribution < -0.4 is 19.1 Å². The van der Waals surface area contributed by atoms with Gasteiger partial charge in [0.1, 0.15) is 34.4 Å². The van der Waals surface area contributed by atoms with Gasteiger partial charge >= 0.3 is 6.18 Å². The molecular formula is C36H38BrF4N5O4S. The van der Waals surface area contributed by atoms with E-state index in [2.05, 4.69) is 36.1 Å². The van der Waals surface area contributed by atoms with Gasteiger partial charge in [-0.3, -0.25) is 4.90 Å². The molecule has 2 heterocycles. The molecule has 1 aliphatic carbocycles. The number of nitrogens with one attached hydrogen (secondary N) is 1. The number of benzene rings is 3. The van der Waals surface area contributed by atoms with Gasteiger partial charge in [0.15, 0.2) is 0 Å². The zero-order valence-corrected chi connectivity index (χ0v) is 30.4. The number of sulfonamides is 1. The molecule has 2 aliphatic rings. The Morgan fingerprint density at radius 1 is 1.00 bits per heavy atom. The molecular weight excluding hydrogens is 754 g/mol. The lowest BCUT2D eigenvalue weighted by atomic mass is 9.77. The maximum Gasteiger partial charge on any atom is 0.416 e. The molecule has 1 saturated heterocycles. The minimum Gasteiger partial charge on any atom is -0.497 e. The number of nitrogens with zero attached hydrogens (tertiary/aromatic N) is 4. The van der Waals surface area contributed by atoms with Gasteiger partial charge in [-0.1, -0.05) is 18.2 Å². The Morgan fingerprint density at radius 3 is 2.37 bits per heavy atom. The smallest absolute Gasteiger partial charge is 0.416 e. The van der Waals surface area contributed by atoms with Gasteiger partial charge in [0.05, 0.1) is 32.0 Å². The summed E-state index contributed by atoms with van der Waals surface area (Å²) < 4.78 is 97.2. The van der Waals surface area contributed by atoms with Gasteiger partial charge in [0, 0.05) is 34.9 Å². The van der Waals surface area contributed by atoms with Crippen molar-refractivity contribution >= 4 is 37.5 Å². The average Bonchev–Trinajstić information content (AvgIpc) is 3.67. The van der Waals surface area contributed by atoms with E-state index in [4.69, 9.17) is 9.47 Å². The van der Waals surface area contributed by atoms with Crippen LogP contribution in [0.2, 0.25) is 0 Å². The number of likely N-dealkylation sites (tertiary alicyclic amines) is 1. The molecule has 0 radical (unpaired) electrons. The van der Waals surface area contributed by atoms with Crippen molar-refractivity contribution in [3.05, 3.63) is 100 Å². The highest BCUT2D eigenvalue weighted by atomic mass is 79.9. The number of methoxy groups -OCH3 is 2. The van der Waals surface area contributed by atoms with Gasteiger partial charge in [0.25, 0.3) is 10.0 Å². The summed E-state index contributed by atoms with van der Waals surface area (Å²) in [5.41, 5.74) is 0.896. The quantitative estimate of drug-likeness (QED) is 0.153. The molecule has 0 unspecified atom stereocenters. The molecule has 9 nitrogen and oxygen atoms in total. The molecule has 3 aromatic carbocycles. The average molecular weight is 793 g/mol. The van der Waals surface area contributed by atoms with E-state index < -0.39 is 32.5 Å². The van der Waals surface area contributed by atoms with Crippen LogP contribution in [0.15, 0.2) is 82.6 Å². The molecule has 6 rings (SSSR count). The zero-order valence-electron chi connectivity index (χ0n) is 28.0. The minimum absolute atomic E-state index is 0.0210.